The summed E-state index contributed by atoms with van der Waals surface area (Å²) >= 11 is 1.43. The average molecular weight is 372 g/mol. The Bertz CT molecular complexity index is 695. The molecule has 1 fully saturated rings. The van der Waals surface area contributed by atoms with Crippen LogP contribution in [0.25, 0.3) is 0 Å². The Morgan fingerprint density at radius 2 is 1.73 bits per heavy atom. The van der Waals surface area contributed by atoms with Crippen molar-refractivity contribution in [3.8, 4) is 0 Å². The zero-order valence-corrected chi connectivity index (χ0v) is 15.7. The maximum absolute atomic E-state index is 11.9. The molecule has 1 aliphatic heterocycles. The van der Waals surface area contributed by atoms with Gasteiger partial charge >= 0.3 is 0 Å². The number of hydrogen-bond donors (Lipinski definition) is 1. The second kappa shape index (κ2) is 9.50. The normalized spacial score (nSPS) is 15.0. The average Bonchev–Trinajstić information content (AvgIpc) is 3.22. The molecule has 0 unspecified atom stereocenters. The Hall–Kier alpha value is -2.18. The molecule has 2 heterocycles. The molecule has 3 rings (SSSR count). The van der Waals surface area contributed by atoms with Crippen molar-refractivity contribution in [3.05, 3.63) is 52.7 Å². The van der Waals surface area contributed by atoms with Gasteiger partial charge in [-0.1, -0.05) is 24.3 Å². The topological polar surface area (TPSA) is 52.7 Å². The molecule has 1 amide bonds. The number of piperazine rings is 1. The molecule has 138 valence electrons. The van der Waals surface area contributed by atoms with Gasteiger partial charge in [0.1, 0.15) is 0 Å². The van der Waals surface area contributed by atoms with E-state index in [4.69, 9.17) is 0 Å². The second-order valence-electron chi connectivity index (χ2n) is 6.41. The van der Waals surface area contributed by atoms with Crippen molar-refractivity contribution >= 4 is 28.7 Å². The van der Waals surface area contributed by atoms with Crippen molar-refractivity contribution < 1.29 is 9.59 Å². The van der Waals surface area contributed by atoms with E-state index >= 15 is 0 Å². The zero-order valence-electron chi connectivity index (χ0n) is 14.9. The summed E-state index contributed by atoms with van der Waals surface area (Å²) < 4.78 is 0. The van der Waals surface area contributed by atoms with E-state index in [1.807, 2.05) is 17.5 Å². The number of para-hydroxylation sites is 1. The highest BCUT2D eigenvalue weighted by Gasteiger charge is 2.17. The number of amides is 1. The molecule has 0 aliphatic carbocycles. The molecular weight excluding hydrogens is 346 g/mol. The number of benzene rings is 1. The molecule has 0 saturated carbocycles. The fourth-order valence-electron chi connectivity index (χ4n) is 3.10. The van der Waals surface area contributed by atoms with E-state index in [2.05, 4.69) is 39.4 Å². The summed E-state index contributed by atoms with van der Waals surface area (Å²) in [6.07, 6.45) is 0.542. The first-order valence-corrected chi connectivity index (χ1v) is 9.96. The minimum Gasteiger partial charge on any atom is -0.369 e. The predicted molar refractivity (Wildman–Crippen MR) is 106 cm³/mol. The van der Waals surface area contributed by atoms with Crippen LogP contribution in [0.3, 0.4) is 0 Å². The van der Waals surface area contributed by atoms with Crippen LogP contribution in [0.15, 0.2) is 47.8 Å². The lowest BCUT2D eigenvalue weighted by Crippen LogP contribution is -2.48. The number of anilines is 1. The minimum absolute atomic E-state index is 0.0437. The summed E-state index contributed by atoms with van der Waals surface area (Å²) in [4.78, 5) is 29.3. The lowest BCUT2D eigenvalue weighted by molar-refractivity contribution is -0.121. The van der Waals surface area contributed by atoms with Gasteiger partial charge in [0, 0.05) is 57.8 Å². The molecule has 5 nitrogen and oxygen atoms in total. The van der Waals surface area contributed by atoms with Gasteiger partial charge in [-0.05, 0) is 23.6 Å². The van der Waals surface area contributed by atoms with E-state index in [0.717, 1.165) is 37.6 Å². The van der Waals surface area contributed by atoms with Crippen molar-refractivity contribution in [3.63, 3.8) is 0 Å². The highest BCUT2D eigenvalue weighted by Crippen LogP contribution is 2.15. The largest absolute Gasteiger partial charge is 0.369 e. The number of carbonyl (C=O) groups is 2. The number of carbonyl (C=O) groups excluding carboxylic acids is 2. The lowest BCUT2D eigenvalue weighted by Gasteiger charge is -2.36. The molecule has 2 aromatic rings. The molecule has 0 bridgehead atoms. The maximum Gasteiger partial charge on any atom is 0.220 e. The summed E-state index contributed by atoms with van der Waals surface area (Å²) in [7, 11) is 0. The third-order valence-electron chi connectivity index (χ3n) is 4.62. The van der Waals surface area contributed by atoms with Crippen LogP contribution >= 0.6 is 11.3 Å². The maximum atomic E-state index is 11.9. The number of nitrogens with zero attached hydrogens (tertiary/aromatic N) is 2. The van der Waals surface area contributed by atoms with Gasteiger partial charge in [0.25, 0.3) is 0 Å². The van der Waals surface area contributed by atoms with Gasteiger partial charge < -0.3 is 10.2 Å². The molecule has 1 aromatic heterocycles. The molecule has 1 N–H and O–H groups in total. The summed E-state index contributed by atoms with van der Waals surface area (Å²) in [6.45, 7) is 5.51. The Balaban J connectivity index is 1.29. The zero-order chi connectivity index (χ0) is 18.2. The van der Waals surface area contributed by atoms with Crippen LogP contribution in [0.1, 0.15) is 22.5 Å². The number of rotatable bonds is 8. The van der Waals surface area contributed by atoms with Crippen LogP contribution in [0.2, 0.25) is 0 Å². The second-order valence-corrected chi connectivity index (χ2v) is 7.36. The molecule has 0 radical (unpaired) electrons. The van der Waals surface area contributed by atoms with E-state index in [9.17, 15) is 9.59 Å². The number of thiophene rings is 1. The molecule has 1 aliphatic rings. The monoisotopic (exact) mass is 371 g/mol. The fourth-order valence-corrected chi connectivity index (χ4v) is 3.79. The van der Waals surface area contributed by atoms with E-state index in [1.54, 1.807) is 6.07 Å². The summed E-state index contributed by atoms with van der Waals surface area (Å²) in [5.74, 6) is 0.00464. The predicted octanol–water partition coefficient (Wildman–Crippen LogP) is 2.65. The summed E-state index contributed by atoms with van der Waals surface area (Å²) in [5, 5.41) is 4.81. The van der Waals surface area contributed by atoms with E-state index in [1.165, 1.54) is 17.0 Å². The van der Waals surface area contributed by atoms with Gasteiger partial charge in [0.15, 0.2) is 5.78 Å². The Labute approximate surface area is 158 Å². The van der Waals surface area contributed by atoms with Gasteiger partial charge in [-0.15, -0.1) is 11.3 Å². The summed E-state index contributed by atoms with van der Waals surface area (Å²) in [5.41, 5.74) is 1.27. The molecule has 1 saturated heterocycles. The van der Waals surface area contributed by atoms with Crippen LogP contribution in [0.5, 0.6) is 0 Å². The fraction of sp³-hybridized carbons (Fsp3) is 0.400. The van der Waals surface area contributed by atoms with Crippen LogP contribution in [0, 0.1) is 0 Å². The van der Waals surface area contributed by atoms with Crippen LogP contribution < -0.4 is 10.2 Å². The standard InChI is InChI=1S/C20H25N3O2S/c24-18(19-7-4-16-26-19)8-9-20(25)21-10-11-22-12-14-23(15-13-22)17-5-2-1-3-6-17/h1-7,16H,8-15H2,(H,21,25). The molecule has 0 spiro atoms. The van der Waals surface area contributed by atoms with Gasteiger partial charge in [0.2, 0.25) is 5.91 Å². The first-order valence-electron chi connectivity index (χ1n) is 9.08. The molecular formula is C20H25N3O2S. The molecule has 26 heavy (non-hydrogen) atoms. The highest BCUT2D eigenvalue weighted by atomic mass is 32.1. The van der Waals surface area contributed by atoms with Crippen LogP contribution in [0.4, 0.5) is 5.69 Å². The minimum atomic E-state index is -0.0437. The van der Waals surface area contributed by atoms with Crippen molar-refractivity contribution in [1.82, 2.24) is 10.2 Å². The SMILES string of the molecule is O=C(CCC(=O)c1cccs1)NCCN1CCN(c2ccccc2)CC1. The first-order chi connectivity index (χ1) is 12.7. The highest BCUT2D eigenvalue weighted by molar-refractivity contribution is 7.12. The molecule has 1 aromatic carbocycles. The van der Waals surface area contributed by atoms with E-state index in [0.29, 0.717) is 6.54 Å². The quantitative estimate of drug-likeness (QED) is 0.725. The third kappa shape index (κ3) is 5.41. The number of nitrogens with one attached hydrogen (secondary N) is 1. The Morgan fingerprint density at radius 1 is 0.962 bits per heavy atom. The van der Waals surface area contributed by atoms with Crippen molar-refractivity contribution in [2.24, 2.45) is 0 Å². The van der Waals surface area contributed by atoms with Crippen LogP contribution in [-0.2, 0) is 4.79 Å². The van der Waals surface area contributed by atoms with Gasteiger partial charge in [0.05, 0.1) is 4.88 Å². The Morgan fingerprint density at radius 3 is 2.42 bits per heavy atom. The smallest absolute Gasteiger partial charge is 0.220 e. The van der Waals surface area contributed by atoms with Crippen molar-refractivity contribution in [2.45, 2.75) is 12.8 Å². The Kier molecular flexibility index (Phi) is 6.80. The third-order valence-corrected chi connectivity index (χ3v) is 5.53. The molecule has 0 atom stereocenters. The van der Waals surface area contributed by atoms with Gasteiger partial charge in [-0.2, -0.15) is 0 Å². The van der Waals surface area contributed by atoms with Gasteiger partial charge in [-0.3, -0.25) is 14.5 Å². The first kappa shape index (κ1) is 18.6. The van der Waals surface area contributed by atoms with E-state index < -0.39 is 0 Å². The number of Topliss-reactive ketones (excluding diaryl/α,β-unsaturated/α-hetero) is 1. The number of ketones is 1. The van der Waals surface area contributed by atoms with Crippen molar-refractivity contribution in [2.75, 3.05) is 44.2 Å². The number of hydrogen-bond acceptors (Lipinski definition) is 5. The lowest BCUT2D eigenvalue weighted by atomic mass is 10.2. The van der Waals surface area contributed by atoms with Gasteiger partial charge in [-0.25, -0.2) is 0 Å². The molecule has 6 heteroatoms. The van der Waals surface area contributed by atoms with Crippen molar-refractivity contribution in [1.29, 1.82) is 0 Å². The summed E-state index contributed by atoms with van der Waals surface area (Å²) in [6, 6.07) is 14.1. The van der Waals surface area contributed by atoms with Crippen LogP contribution in [-0.4, -0.2) is 55.9 Å². The van der Waals surface area contributed by atoms with E-state index in [-0.39, 0.29) is 24.5 Å².